The highest BCUT2D eigenvalue weighted by atomic mass is 35.5. The summed E-state index contributed by atoms with van der Waals surface area (Å²) in [5.74, 6) is -5.03. The van der Waals surface area contributed by atoms with Crippen LogP contribution in [0.1, 0.15) is 47.7 Å². The van der Waals surface area contributed by atoms with E-state index in [1.165, 1.54) is 30.6 Å². The number of halogens is 5. The van der Waals surface area contributed by atoms with E-state index in [4.69, 9.17) is 11.6 Å². The smallest absolute Gasteiger partial charge is 0.257 e. The number of nitrogens with one attached hydrogen (secondary N) is 1. The predicted octanol–water partition coefficient (Wildman–Crippen LogP) is 6.62. The zero-order valence-corrected chi connectivity index (χ0v) is 17.5. The first-order valence-corrected chi connectivity index (χ1v) is 10.4. The van der Waals surface area contributed by atoms with Crippen LogP contribution >= 0.6 is 11.6 Å². The molecule has 1 saturated carbocycles. The van der Waals surface area contributed by atoms with Crippen LogP contribution in [0.25, 0.3) is 11.1 Å². The Morgan fingerprint density at radius 3 is 2.47 bits per heavy atom. The van der Waals surface area contributed by atoms with Gasteiger partial charge in [-0.2, -0.15) is 0 Å². The molecule has 0 saturated heterocycles. The van der Waals surface area contributed by atoms with Crippen LogP contribution in [0, 0.1) is 11.6 Å². The van der Waals surface area contributed by atoms with Crippen molar-refractivity contribution in [2.75, 3.05) is 5.32 Å². The van der Waals surface area contributed by atoms with Gasteiger partial charge in [-0.15, -0.1) is 0 Å². The van der Waals surface area contributed by atoms with Crippen molar-refractivity contribution in [2.24, 2.45) is 0 Å². The molecule has 166 valence electrons. The molecule has 0 radical (unpaired) electrons. The van der Waals surface area contributed by atoms with Crippen molar-refractivity contribution in [3.8, 4) is 11.1 Å². The van der Waals surface area contributed by atoms with Crippen LogP contribution < -0.4 is 5.32 Å². The van der Waals surface area contributed by atoms with Gasteiger partial charge in [0.05, 0.1) is 16.9 Å². The van der Waals surface area contributed by atoms with Crippen LogP contribution in [0.5, 0.6) is 0 Å². The molecule has 1 N–H and O–H groups in total. The first kappa shape index (κ1) is 22.2. The van der Waals surface area contributed by atoms with Crippen molar-refractivity contribution in [3.63, 3.8) is 0 Å². The lowest BCUT2D eigenvalue weighted by molar-refractivity contribution is -0.0384. The molecule has 9 heteroatoms. The van der Waals surface area contributed by atoms with Gasteiger partial charge >= 0.3 is 0 Å². The minimum atomic E-state index is -2.75. The summed E-state index contributed by atoms with van der Waals surface area (Å²) in [5.41, 5.74) is 0.841. The van der Waals surface area contributed by atoms with Gasteiger partial charge in [-0.05, 0) is 49.2 Å². The highest BCUT2D eigenvalue weighted by Gasteiger charge is 2.37. The number of carbonyl (C=O) groups excluding carboxylic acids is 1. The molecule has 0 bridgehead atoms. The average molecular weight is 464 g/mol. The van der Waals surface area contributed by atoms with Gasteiger partial charge in [0.1, 0.15) is 16.8 Å². The molecule has 0 spiro atoms. The number of rotatable bonds is 4. The summed E-state index contributed by atoms with van der Waals surface area (Å²) < 4.78 is 55.9. The Kier molecular flexibility index (Phi) is 6.15. The fraction of sp³-hybridized carbons (Fsp3) is 0.261. The van der Waals surface area contributed by atoms with Crippen LogP contribution in [-0.2, 0) is 0 Å². The van der Waals surface area contributed by atoms with Gasteiger partial charge in [-0.1, -0.05) is 11.6 Å². The van der Waals surface area contributed by atoms with Gasteiger partial charge in [0, 0.05) is 42.3 Å². The van der Waals surface area contributed by atoms with Gasteiger partial charge in [-0.3, -0.25) is 9.78 Å². The van der Waals surface area contributed by atoms with E-state index in [-0.39, 0.29) is 59.1 Å². The molecule has 0 unspecified atom stereocenters. The Hall–Kier alpha value is -3.00. The highest BCUT2D eigenvalue weighted by Crippen LogP contribution is 2.44. The van der Waals surface area contributed by atoms with Crippen molar-refractivity contribution in [2.45, 2.75) is 37.5 Å². The molecule has 1 aromatic carbocycles. The van der Waals surface area contributed by atoms with Gasteiger partial charge in [0.2, 0.25) is 5.92 Å². The number of benzene rings is 1. The second-order valence-corrected chi connectivity index (χ2v) is 8.08. The van der Waals surface area contributed by atoms with E-state index in [0.29, 0.717) is 5.69 Å². The highest BCUT2D eigenvalue weighted by molar-refractivity contribution is 6.29. The second-order valence-electron chi connectivity index (χ2n) is 7.70. The Morgan fingerprint density at radius 2 is 1.78 bits per heavy atom. The number of hydrogen-bond acceptors (Lipinski definition) is 3. The van der Waals surface area contributed by atoms with E-state index in [1.54, 1.807) is 0 Å². The van der Waals surface area contributed by atoms with E-state index in [1.807, 2.05) is 0 Å². The third kappa shape index (κ3) is 4.75. The molecular weight excluding hydrogens is 446 g/mol. The summed E-state index contributed by atoms with van der Waals surface area (Å²) in [7, 11) is 0. The summed E-state index contributed by atoms with van der Waals surface area (Å²) in [4.78, 5) is 21.1. The minimum Gasteiger partial charge on any atom is -0.320 e. The number of alkyl halides is 2. The zero-order chi connectivity index (χ0) is 22.9. The number of carbonyl (C=O) groups is 1. The summed E-state index contributed by atoms with van der Waals surface area (Å²) in [6.45, 7) is 0. The minimum absolute atomic E-state index is 0.0701. The maximum atomic E-state index is 14.6. The molecular formula is C23H18ClF4N3O. The van der Waals surface area contributed by atoms with Gasteiger partial charge in [0.15, 0.2) is 0 Å². The van der Waals surface area contributed by atoms with Crippen molar-refractivity contribution in [3.05, 3.63) is 76.8 Å². The molecule has 4 rings (SSSR count). The zero-order valence-electron chi connectivity index (χ0n) is 16.7. The number of amides is 1. The van der Waals surface area contributed by atoms with E-state index in [9.17, 15) is 22.4 Å². The van der Waals surface area contributed by atoms with Crippen LogP contribution in [0.3, 0.4) is 0 Å². The lowest BCUT2D eigenvalue weighted by Gasteiger charge is -2.29. The maximum Gasteiger partial charge on any atom is 0.257 e. The number of anilines is 1. The number of hydrogen-bond donors (Lipinski definition) is 1. The standard InChI is InChI=1S/C23H18ClF4N3O/c24-19-4-1-14(12-30-19)22(32)31-21-16(17-11-15(25)2-3-18(17)26)7-10-29-20(21)13-5-8-23(27,28)9-6-13/h1-4,7,10-13H,5-6,8-9H2,(H,31,32). The van der Waals surface area contributed by atoms with Crippen molar-refractivity contribution in [1.82, 2.24) is 9.97 Å². The molecule has 32 heavy (non-hydrogen) atoms. The SMILES string of the molecule is O=C(Nc1c(-c2cc(F)ccc2F)ccnc1C1CCC(F)(F)CC1)c1ccc(Cl)nc1. The third-order valence-electron chi connectivity index (χ3n) is 5.53. The molecule has 2 heterocycles. The summed E-state index contributed by atoms with van der Waals surface area (Å²) in [6, 6.07) is 7.35. The first-order valence-electron chi connectivity index (χ1n) is 9.98. The topological polar surface area (TPSA) is 54.9 Å². The summed E-state index contributed by atoms with van der Waals surface area (Å²) in [6.07, 6.45) is 2.36. The van der Waals surface area contributed by atoms with Gasteiger partial charge < -0.3 is 5.32 Å². The maximum absolute atomic E-state index is 14.6. The lowest BCUT2D eigenvalue weighted by atomic mass is 9.83. The van der Waals surface area contributed by atoms with Crippen molar-refractivity contribution < 1.29 is 22.4 Å². The third-order valence-corrected chi connectivity index (χ3v) is 5.75. The Balaban J connectivity index is 1.79. The van der Waals surface area contributed by atoms with Crippen LogP contribution in [0.2, 0.25) is 5.15 Å². The Bertz CT molecular complexity index is 1140. The van der Waals surface area contributed by atoms with E-state index in [0.717, 1.165) is 18.2 Å². The van der Waals surface area contributed by atoms with Gasteiger partial charge in [0.25, 0.3) is 5.91 Å². The molecule has 1 amide bonds. The number of pyridine rings is 2. The van der Waals surface area contributed by atoms with Gasteiger partial charge in [-0.25, -0.2) is 22.5 Å². The quantitative estimate of drug-likeness (QED) is 0.349. The molecule has 4 nitrogen and oxygen atoms in total. The normalized spacial score (nSPS) is 16.0. The molecule has 3 aromatic rings. The van der Waals surface area contributed by atoms with E-state index < -0.39 is 23.5 Å². The summed E-state index contributed by atoms with van der Waals surface area (Å²) >= 11 is 5.77. The monoisotopic (exact) mass is 463 g/mol. The average Bonchev–Trinajstić information content (AvgIpc) is 2.76. The molecule has 1 aliphatic rings. The Labute approximate surface area is 186 Å². The van der Waals surface area contributed by atoms with Crippen LogP contribution in [0.4, 0.5) is 23.2 Å². The number of nitrogens with zero attached hydrogens (tertiary/aromatic N) is 2. The Morgan fingerprint density at radius 1 is 1.03 bits per heavy atom. The molecule has 2 aromatic heterocycles. The molecule has 1 aliphatic carbocycles. The fourth-order valence-electron chi connectivity index (χ4n) is 3.86. The molecule has 0 atom stereocenters. The van der Waals surface area contributed by atoms with Crippen LogP contribution in [-0.4, -0.2) is 21.8 Å². The molecule has 0 aliphatic heterocycles. The fourth-order valence-corrected chi connectivity index (χ4v) is 3.97. The largest absolute Gasteiger partial charge is 0.320 e. The summed E-state index contributed by atoms with van der Waals surface area (Å²) in [5, 5.41) is 2.92. The van der Waals surface area contributed by atoms with Crippen molar-refractivity contribution >= 4 is 23.2 Å². The van der Waals surface area contributed by atoms with Crippen LogP contribution in [0.15, 0.2) is 48.8 Å². The second kappa shape index (κ2) is 8.86. The lowest BCUT2D eigenvalue weighted by Crippen LogP contribution is -2.25. The van der Waals surface area contributed by atoms with Crippen molar-refractivity contribution in [1.29, 1.82) is 0 Å². The predicted molar refractivity (Wildman–Crippen MR) is 113 cm³/mol. The first-order chi connectivity index (χ1) is 15.2. The van der Waals surface area contributed by atoms with E-state index >= 15 is 0 Å². The molecule has 1 fully saturated rings. The van der Waals surface area contributed by atoms with E-state index in [2.05, 4.69) is 15.3 Å². The number of aromatic nitrogens is 2.